The minimum atomic E-state index is -1.83. The van der Waals surface area contributed by atoms with Crippen LogP contribution < -0.4 is 11.1 Å². The second-order valence-corrected chi connectivity index (χ2v) is 5.66. The fraction of sp³-hybridized carbons (Fsp3) is 0.750. The zero-order valence-electron chi connectivity index (χ0n) is 12.5. The number of oxime groups is 1. The number of nitrogens with two attached hydrogens (primary N) is 1. The largest absolute Gasteiger partial charge is 0.417 e. The molecular formula is C12H22N6O3. The second kappa shape index (κ2) is 6.72. The van der Waals surface area contributed by atoms with E-state index in [1.807, 2.05) is 6.92 Å². The molecule has 0 spiro atoms. The number of hydrogen-bond donors (Lipinski definition) is 3. The fourth-order valence-electron chi connectivity index (χ4n) is 1.81. The standard InChI is InChI=1S/C12H22N6O3/c1-9(7-13)8-16-11(2,3)10(17-19)6-12(18(20)21)14-4-5-15-12/h4-5,9,16,19H,6-8,13H2,1-3H3/b17-10+. The van der Waals surface area contributed by atoms with Crippen LogP contribution >= 0.6 is 0 Å². The molecule has 0 aliphatic carbocycles. The van der Waals surface area contributed by atoms with E-state index < -0.39 is 16.2 Å². The van der Waals surface area contributed by atoms with Gasteiger partial charge in [0.1, 0.15) is 6.42 Å². The van der Waals surface area contributed by atoms with E-state index in [0.717, 1.165) is 0 Å². The normalized spacial score (nSPS) is 19.0. The van der Waals surface area contributed by atoms with Crippen molar-refractivity contribution in [2.24, 2.45) is 26.8 Å². The highest BCUT2D eigenvalue weighted by Crippen LogP contribution is 2.25. The summed E-state index contributed by atoms with van der Waals surface area (Å²) in [7, 11) is 0. The van der Waals surface area contributed by atoms with Gasteiger partial charge in [-0.2, -0.15) is 9.98 Å². The number of nitrogens with one attached hydrogen (secondary N) is 1. The van der Waals surface area contributed by atoms with E-state index in [0.29, 0.717) is 13.1 Å². The minimum Gasteiger partial charge on any atom is -0.411 e. The predicted molar refractivity (Wildman–Crippen MR) is 80.8 cm³/mol. The fourth-order valence-corrected chi connectivity index (χ4v) is 1.81. The molecule has 1 unspecified atom stereocenters. The molecule has 1 aliphatic heterocycles. The highest BCUT2D eigenvalue weighted by Gasteiger charge is 2.47. The molecule has 0 bridgehead atoms. The van der Waals surface area contributed by atoms with E-state index in [1.165, 1.54) is 12.4 Å². The first-order valence-electron chi connectivity index (χ1n) is 6.67. The van der Waals surface area contributed by atoms with Crippen molar-refractivity contribution in [2.75, 3.05) is 13.1 Å². The summed E-state index contributed by atoms with van der Waals surface area (Å²) in [5, 5.41) is 26.9. The topological polar surface area (TPSA) is 138 Å². The van der Waals surface area contributed by atoms with Crippen molar-refractivity contribution >= 4 is 18.1 Å². The summed E-state index contributed by atoms with van der Waals surface area (Å²) in [5.41, 5.74) is 5.02. The van der Waals surface area contributed by atoms with Gasteiger partial charge < -0.3 is 16.3 Å². The molecule has 9 heteroatoms. The van der Waals surface area contributed by atoms with Gasteiger partial charge in [-0.1, -0.05) is 12.1 Å². The SMILES string of the molecule is CC(CN)CNC(C)(C)/C(CC1([N+](=O)[O-])N=CC=N1)=N/O. The Morgan fingerprint density at radius 3 is 2.57 bits per heavy atom. The Bertz CT molecular complexity index is 460. The second-order valence-electron chi connectivity index (χ2n) is 5.66. The van der Waals surface area contributed by atoms with Crippen LogP contribution in [-0.2, 0) is 0 Å². The average Bonchev–Trinajstić information content (AvgIpc) is 2.92. The van der Waals surface area contributed by atoms with Gasteiger partial charge in [0.15, 0.2) is 0 Å². The lowest BCUT2D eigenvalue weighted by Gasteiger charge is -2.29. The molecule has 0 saturated carbocycles. The van der Waals surface area contributed by atoms with E-state index in [-0.39, 0.29) is 18.1 Å². The summed E-state index contributed by atoms with van der Waals surface area (Å²) in [6.07, 6.45) is 2.34. The monoisotopic (exact) mass is 298 g/mol. The summed E-state index contributed by atoms with van der Waals surface area (Å²) in [4.78, 5) is 18.2. The third-order valence-corrected chi connectivity index (χ3v) is 3.46. The van der Waals surface area contributed by atoms with Crippen molar-refractivity contribution in [1.82, 2.24) is 5.32 Å². The van der Waals surface area contributed by atoms with E-state index in [4.69, 9.17) is 5.73 Å². The van der Waals surface area contributed by atoms with Crippen LogP contribution in [0, 0.1) is 16.0 Å². The molecule has 9 nitrogen and oxygen atoms in total. The molecule has 118 valence electrons. The Hall–Kier alpha value is -1.87. The van der Waals surface area contributed by atoms with Crippen LogP contribution in [0.25, 0.3) is 0 Å². The van der Waals surface area contributed by atoms with Crippen LogP contribution in [0.1, 0.15) is 27.2 Å². The average molecular weight is 298 g/mol. The predicted octanol–water partition coefficient (Wildman–Crippen LogP) is 0.255. The molecule has 1 atom stereocenters. The van der Waals surface area contributed by atoms with Crippen LogP contribution in [0.4, 0.5) is 0 Å². The molecule has 0 aromatic carbocycles. The molecule has 0 aromatic heterocycles. The summed E-state index contributed by atoms with van der Waals surface area (Å²) in [6, 6.07) is 0. The van der Waals surface area contributed by atoms with Crippen LogP contribution in [0.3, 0.4) is 0 Å². The van der Waals surface area contributed by atoms with E-state index >= 15 is 0 Å². The molecule has 1 heterocycles. The Morgan fingerprint density at radius 2 is 2.14 bits per heavy atom. The van der Waals surface area contributed by atoms with Gasteiger partial charge in [-0.05, 0) is 32.9 Å². The summed E-state index contributed by atoms with van der Waals surface area (Å²) in [5.74, 6) is -1.60. The Kier molecular flexibility index (Phi) is 5.50. The third-order valence-electron chi connectivity index (χ3n) is 3.46. The zero-order valence-corrected chi connectivity index (χ0v) is 12.5. The van der Waals surface area contributed by atoms with Gasteiger partial charge in [-0.3, -0.25) is 10.1 Å². The number of aliphatic imine (C=N–C) groups is 2. The van der Waals surface area contributed by atoms with Crippen molar-refractivity contribution < 1.29 is 10.1 Å². The van der Waals surface area contributed by atoms with Crippen molar-refractivity contribution in [3.63, 3.8) is 0 Å². The smallest absolute Gasteiger partial charge is 0.411 e. The zero-order chi connectivity index (χ0) is 16.1. The molecule has 1 aliphatic rings. The summed E-state index contributed by atoms with van der Waals surface area (Å²) < 4.78 is 0. The van der Waals surface area contributed by atoms with Crippen LogP contribution in [0.2, 0.25) is 0 Å². The number of rotatable bonds is 8. The number of nitro groups is 1. The molecule has 1 rings (SSSR count). The molecular weight excluding hydrogens is 276 g/mol. The van der Waals surface area contributed by atoms with Gasteiger partial charge in [-0.25, -0.2) is 0 Å². The third kappa shape index (κ3) is 4.05. The molecule has 0 fully saturated rings. The Morgan fingerprint density at radius 1 is 1.57 bits per heavy atom. The van der Waals surface area contributed by atoms with Crippen LogP contribution in [0.15, 0.2) is 15.1 Å². The van der Waals surface area contributed by atoms with Gasteiger partial charge in [0.05, 0.1) is 16.2 Å². The molecule has 0 amide bonds. The molecule has 21 heavy (non-hydrogen) atoms. The van der Waals surface area contributed by atoms with E-state index in [9.17, 15) is 15.3 Å². The minimum absolute atomic E-state index is 0.208. The van der Waals surface area contributed by atoms with Crippen molar-refractivity contribution in [2.45, 2.75) is 38.5 Å². The number of nitrogens with zero attached hydrogens (tertiary/aromatic N) is 4. The first-order chi connectivity index (χ1) is 9.77. The first kappa shape index (κ1) is 17.2. The number of hydrogen-bond acceptors (Lipinski definition) is 8. The molecule has 0 saturated heterocycles. The lowest BCUT2D eigenvalue weighted by atomic mass is 9.92. The Labute approximate surface area is 123 Å². The highest BCUT2D eigenvalue weighted by molar-refractivity contribution is 6.17. The highest BCUT2D eigenvalue weighted by atomic mass is 16.6. The van der Waals surface area contributed by atoms with E-state index in [2.05, 4.69) is 20.5 Å². The van der Waals surface area contributed by atoms with Crippen molar-refractivity contribution in [3.8, 4) is 0 Å². The van der Waals surface area contributed by atoms with Crippen LogP contribution in [-0.4, -0.2) is 52.7 Å². The van der Waals surface area contributed by atoms with Gasteiger partial charge in [0, 0.05) is 12.4 Å². The maximum absolute atomic E-state index is 11.2. The van der Waals surface area contributed by atoms with E-state index in [1.54, 1.807) is 13.8 Å². The lowest BCUT2D eigenvalue weighted by Crippen LogP contribution is -2.52. The van der Waals surface area contributed by atoms with Gasteiger partial charge in [-0.15, -0.1) is 0 Å². The molecule has 0 radical (unpaired) electrons. The maximum Gasteiger partial charge on any atom is 0.417 e. The first-order valence-corrected chi connectivity index (χ1v) is 6.67. The Balaban J connectivity index is 2.85. The lowest BCUT2D eigenvalue weighted by molar-refractivity contribution is -0.563. The van der Waals surface area contributed by atoms with Crippen molar-refractivity contribution in [3.05, 3.63) is 10.1 Å². The summed E-state index contributed by atoms with van der Waals surface area (Å²) in [6.45, 7) is 6.65. The quantitative estimate of drug-likeness (QED) is 0.255. The molecule has 4 N–H and O–H groups in total. The molecule has 0 aromatic rings. The maximum atomic E-state index is 11.2. The van der Waals surface area contributed by atoms with Gasteiger partial charge in [0.25, 0.3) is 0 Å². The van der Waals surface area contributed by atoms with Gasteiger partial charge >= 0.3 is 5.79 Å². The van der Waals surface area contributed by atoms with Crippen molar-refractivity contribution in [1.29, 1.82) is 0 Å². The van der Waals surface area contributed by atoms with Crippen LogP contribution in [0.5, 0.6) is 0 Å². The summed E-state index contributed by atoms with van der Waals surface area (Å²) >= 11 is 0. The van der Waals surface area contributed by atoms with Gasteiger partial charge in [0.2, 0.25) is 0 Å².